The fraction of sp³-hybridized carbons (Fsp3) is 0.400. The molecule has 2 heterocycles. The third-order valence-corrected chi connectivity index (χ3v) is 3.63. The van der Waals surface area contributed by atoms with Crippen molar-refractivity contribution in [3.05, 3.63) is 42.2 Å². The van der Waals surface area contributed by atoms with E-state index in [1.54, 1.807) is 0 Å². The summed E-state index contributed by atoms with van der Waals surface area (Å²) in [6.45, 7) is 2.20. The fourth-order valence-corrected chi connectivity index (χ4v) is 2.73. The van der Waals surface area contributed by atoms with E-state index < -0.39 is 0 Å². The topological polar surface area (TPSA) is 29.9 Å². The van der Waals surface area contributed by atoms with E-state index in [1.807, 2.05) is 11.7 Å². The highest BCUT2D eigenvalue weighted by molar-refractivity contribution is 5.65. The van der Waals surface area contributed by atoms with Crippen LogP contribution in [0.25, 0.3) is 11.1 Å². The molecule has 1 aromatic heterocycles. The Morgan fingerprint density at radius 1 is 1.28 bits per heavy atom. The monoisotopic (exact) mass is 241 g/mol. The van der Waals surface area contributed by atoms with Gasteiger partial charge in [0.05, 0.1) is 5.69 Å². The SMILES string of the molecule is Cn1cc(-c2ccccc2)c(C2CCCNC2)n1. The summed E-state index contributed by atoms with van der Waals surface area (Å²) in [7, 11) is 2.01. The Bertz CT molecular complexity index is 510. The highest BCUT2D eigenvalue weighted by atomic mass is 15.3. The first-order valence-corrected chi connectivity index (χ1v) is 6.64. The van der Waals surface area contributed by atoms with E-state index in [4.69, 9.17) is 0 Å². The quantitative estimate of drug-likeness (QED) is 0.875. The van der Waals surface area contributed by atoms with Gasteiger partial charge in [-0.05, 0) is 24.9 Å². The maximum absolute atomic E-state index is 4.69. The second-order valence-electron chi connectivity index (χ2n) is 5.01. The Hall–Kier alpha value is -1.61. The van der Waals surface area contributed by atoms with Crippen molar-refractivity contribution in [2.75, 3.05) is 13.1 Å². The normalized spacial score (nSPS) is 19.9. The molecule has 0 spiro atoms. The van der Waals surface area contributed by atoms with Gasteiger partial charge < -0.3 is 5.32 Å². The van der Waals surface area contributed by atoms with E-state index >= 15 is 0 Å². The van der Waals surface area contributed by atoms with Crippen LogP contribution in [-0.4, -0.2) is 22.9 Å². The first-order valence-electron chi connectivity index (χ1n) is 6.64. The number of rotatable bonds is 2. The van der Waals surface area contributed by atoms with Crippen molar-refractivity contribution in [3.8, 4) is 11.1 Å². The molecule has 0 radical (unpaired) electrons. The molecule has 1 aliphatic rings. The van der Waals surface area contributed by atoms with Gasteiger partial charge in [-0.2, -0.15) is 5.10 Å². The standard InChI is InChI=1S/C15H19N3/c1-18-11-14(12-6-3-2-4-7-12)15(17-18)13-8-5-9-16-10-13/h2-4,6-7,11,13,16H,5,8-10H2,1H3. The third-order valence-electron chi connectivity index (χ3n) is 3.63. The summed E-state index contributed by atoms with van der Waals surface area (Å²) in [5.41, 5.74) is 3.80. The molecule has 0 amide bonds. The summed E-state index contributed by atoms with van der Waals surface area (Å²) >= 11 is 0. The Kier molecular flexibility index (Phi) is 3.15. The van der Waals surface area contributed by atoms with Gasteiger partial charge in [0.1, 0.15) is 0 Å². The first-order chi connectivity index (χ1) is 8.84. The summed E-state index contributed by atoms with van der Waals surface area (Å²) < 4.78 is 1.94. The van der Waals surface area contributed by atoms with Crippen molar-refractivity contribution < 1.29 is 0 Å². The average molecular weight is 241 g/mol. The van der Waals surface area contributed by atoms with Gasteiger partial charge in [-0.1, -0.05) is 30.3 Å². The van der Waals surface area contributed by atoms with Crippen molar-refractivity contribution >= 4 is 0 Å². The van der Waals surface area contributed by atoms with Crippen molar-refractivity contribution in [2.24, 2.45) is 7.05 Å². The number of aryl methyl sites for hydroxylation is 1. The zero-order valence-electron chi connectivity index (χ0n) is 10.8. The summed E-state index contributed by atoms with van der Waals surface area (Å²) in [6.07, 6.45) is 4.62. The van der Waals surface area contributed by atoms with Gasteiger partial charge in [-0.25, -0.2) is 0 Å². The molecule has 2 aromatic rings. The van der Waals surface area contributed by atoms with Gasteiger partial charge in [0.25, 0.3) is 0 Å². The van der Waals surface area contributed by atoms with Gasteiger partial charge in [-0.3, -0.25) is 4.68 Å². The Morgan fingerprint density at radius 3 is 2.83 bits per heavy atom. The zero-order chi connectivity index (χ0) is 12.4. The van der Waals surface area contributed by atoms with Crippen molar-refractivity contribution in [1.82, 2.24) is 15.1 Å². The average Bonchev–Trinajstić information content (AvgIpc) is 2.83. The van der Waals surface area contributed by atoms with Gasteiger partial charge in [0.2, 0.25) is 0 Å². The summed E-state index contributed by atoms with van der Waals surface area (Å²) in [5.74, 6) is 0.551. The largest absolute Gasteiger partial charge is 0.316 e. The van der Waals surface area contributed by atoms with Crippen LogP contribution in [-0.2, 0) is 7.05 Å². The Balaban J connectivity index is 1.99. The number of nitrogens with one attached hydrogen (secondary N) is 1. The molecule has 1 saturated heterocycles. The maximum Gasteiger partial charge on any atom is 0.0746 e. The van der Waals surface area contributed by atoms with E-state index in [2.05, 4.69) is 46.9 Å². The van der Waals surface area contributed by atoms with Gasteiger partial charge >= 0.3 is 0 Å². The number of hydrogen-bond acceptors (Lipinski definition) is 2. The van der Waals surface area contributed by atoms with Crippen LogP contribution in [0.15, 0.2) is 36.5 Å². The molecule has 1 N–H and O–H groups in total. The smallest absolute Gasteiger partial charge is 0.0746 e. The molecule has 0 saturated carbocycles. The minimum Gasteiger partial charge on any atom is -0.316 e. The second kappa shape index (κ2) is 4.94. The van der Waals surface area contributed by atoms with E-state index in [-0.39, 0.29) is 0 Å². The van der Waals surface area contributed by atoms with Crippen molar-refractivity contribution in [2.45, 2.75) is 18.8 Å². The predicted molar refractivity (Wildman–Crippen MR) is 73.5 cm³/mol. The van der Waals surface area contributed by atoms with Gasteiger partial charge in [-0.15, -0.1) is 0 Å². The number of hydrogen-bond donors (Lipinski definition) is 1. The Labute approximate surface area is 108 Å². The summed E-state index contributed by atoms with van der Waals surface area (Å²) in [5, 5.41) is 8.16. The molecular weight excluding hydrogens is 222 g/mol. The number of piperidine rings is 1. The summed E-state index contributed by atoms with van der Waals surface area (Å²) in [4.78, 5) is 0. The molecule has 0 aliphatic carbocycles. The lowest BCUT2D eigenvalue weighted by Gasteiger charge is -2.22. The van der Waals surface area contributed by atoms with Crippen LogP contribution in [0.4, 0.5) is 0 Å². The lowest BCUT2D eigenvalue weighted by atomic mass is 9.91. The lowest BCUT2D eigenvalue weighted by molar-refractivity contribution is 0.452. The maximum atomic E-state index is 4.69. The van der Waals surface area contributed by atoms with Crippen LogP contribution < -0.4 is 5.32 Å². The van der Waals surface area contributed by atoms with Crippen LogP contribution in [0.5, 0.6) is 0 Å². The van der Waals surface area contributed by atoms with Crippen LogP contribution in [0.1, 0.15) is 24.5 Å². The first kappa shape index (κ1) is 11.5. The van der Waals surface area contributed by atoms with Gasteiger partial charge in [0, 0.05) is 31.3 Å². The minimum atomic E-state index is 0.551. The minimum absolute atomic E-state index is 0.551. The third kappa shape index (κ3) is 2.18. The van der Waals surface area contributed by atoms with E-state index in [0.29, 0.717) is 5.92 Å². The molecule has 1 aromatic carbocycles. The summed E-state index contributed by atoms with van der Waals surface area (Å²) in [6, 6.07) is 10.6. The molecule has 1 aliphatic heterocycles. The molecule has 3 nitrogen and oxygen atoms in total. The fourth-order valence-electron chi connectivity index (χ4n) is 2.73. The second-order valence-corrected chi connectivity index (χ2v) is 5.01. The highest BCUT2D eigenvalue weighted by Crippen LogP contribution is 2.31. The number of aromatic nitrogens is 2. The number of benzene rings is 1. The predicted octanol–water partition coefficient (Wildman–Crippen LogP) is 2.55. The molecule has 3 heteroatoms. The molecule has 1 unspecified atom stereocenters. The van der Waals surface area contributed by atoms with Crippen molar-refractivity contribution in [3.63, 3.8) is 0 Å². The van der Waals surface area contributed by atoms with Gasteiger partial charge in [0.15, 0.2) is 0 Å². The van der Waals surface area contributed by atoms with Crippen LogP contribution >= 0.6 is 0 Å². The van der Waals surface area contributed by atoms with Crippen molar-refractivity contribution in [1.29, 1.82) is 0 Å². The highest BCUT2D eigenvalue weighted by Gasteiger charge is 2.21. The van der Waals surface area contributed by atoms with Crippen LogP contribution in [0, 0.1) is 0 Å². The van der Waals surface area contributed by atoms with E-state index in [0.717, 1.165) is 13.1 Å². The van der Waals surface area contributed by atoms with Crippen LogP contribution in [0.3, 0.4) is 0 Å². The van der Waals surface area contributed by atoms with E-state index in [1.165, 1.54) is 29.7 Å². The lowest BCUT2D eigenvalue weighted by Crippen LogP contribution is -2.28. The number of nitrogens with zero attached hydrogens (tertiary/aromatic N) is 2. The molecular formula is C15H19N3. The Morgan fingerprint density at radius 2 is 2.11 bits per heavy atom. The molecule has 1 atom stereocenters. The zero-order valence-corrected chi connectivity index (χ0v) is 10.8. The molecule has 18 heavy (non-hydrogen) atoms. The van der Waals surface area contributed by atoms with E-state index in [9.17, 15) is 0 Å². The molecule has 0 bridgehead atoms. The molecule has 1 fully saturated rings. The van der Waals surface area contributed by atoms with Crippen LogP contribution in [0.2, 0.25) is 0 Å². The molecule has 3 rings (SSSR count). The molecule has 94 valence electrons.